The zero-order valence-corrected chi connectivity index (χ0v) is 16.4. The number of alkyl halides is 3. The molecule has 6 nitrogen and oxygen atoms in total. The van der Waals surface area contributed by atoms with Crippen molar-refractivity contribution < 1.29 is 22.5 Å². The lowest BCUT2D eigenvalue weighted by Crippen LogP contribution is -2.67. The summed E-state index contributed by atoms with van der Waals surface area (Å²) in [5.41, 5.74) is 0.783. The van der Waals surface area contributed by atoms with Crippen molar-refractivity contribution in [2.45, 2.75) is 51.4 Å². The molecule has 1 atom stereocenters. The summed E-state index contributed by atoms with van der Waals surface area (Å²) in [5, 5.41) is 4.01. The molecule has 2 saturated heterocycles. The maximum absolute atomic E-state index is 13.0. The first-order valence-electron chi connectivity index (χ1n) is 9.69. The summed E-state index contributed by atoms with van der Waals surface area (Å²) in [7, 11) is 0. The van der Waals surface area contributed by atoms with Gasteiger partial charge in [-0.25, -0.2) is 0 Å². The molecule has 1 spiro atoms. The molecule has 4 rings (SSSR count). The number of hydrogen-bond acceptors (Lipinski definition) is 5. The van der Waals surface area contributed by atoms with Gasteiger partial charge in [-0.2, -0.15) is 13.2 Å². The zero-order valence-electron chi connectivity index (χ0n) is 16.4. The smallest absolute Gasteiger partial charge is 0.361 e. The summed E-state index contributed by atoms with van der Waals surface area (Å²) in [6.07, 6.45) is -0.781. The third-order valence-corrected chi connectivity index (χ3v) is 6.19. The maximum Gasteiger partial charge on any atom is 0.433 e. The van der Waals surface area contributed by atoms with Crippen LogP contribution in [-0.2, 0) is 12.7 Å². The van der Waals surface area contributed by atoms with E-state index in [0.717, 1.165) is 55.1 Å². The van der Waals surface area contributed by atoms with Gasteiger partial charge < -0.3 is 9.42 Å². The van der Waals surface area contributed by atoms with E-state index in [1.807, 2.05) is 13.8 Å². The molecule has 0 saturated carbocycles. The van der Waals surface area contributed by atoms with E-state index in [2.05, 4.69) is 15.0 Å². The quantitative estimate of drug-likeness (QED) is 0.777. The van der Waals surface area contributed by atoms with Crippen LogP contribution >= 0.6 is 0 Å². The van der Waals surface area contributed by atoms with E-state index in [0.29, 0.717) is 19.6 Å². The first-order valence-corrected chi connectivity index (χ1v) is 9.69. The minimum Gasteiger partial charge on any atom is -0.361 e. The number of amides is 1. The Hall–Kier alpha value is -2.42. The number of likely N-dealkylation sites (tertiary alicyclic amines) is 2. The van der Waals surface area contributed by atoms with Gasteiger partial charge in [-0.3, -0.25) is 14.7 Å². The summed E-state index contributed by atoms with van der Waals surface area (Å²) in [5.74, 6) is 0.422. The van der Waals surface area contributed by atoms with Gasteiger partial charge >= 0.3 is 6.18 Å². The zero-order chi connectivity index (χ0) is 20.8. The molecule has 2 fully saturated rings. The third-order valence-electron chi connectivity index (χ3n) is 6.19. The van der Waals surface area contributed by atoms with Crippen molar-refractivity contribution >= 4 is 5.91 Å². The van der Waals surface area contributed by atoms with Crippen molar-refractivity contribution in [3.63, 3.8) is 0 Å². The van der Waals surface area contributed by atoms with Gasteiger partial charge in [0, 0.05) is 49.0 Å². The molecular weight excluding hydrogens is 385 g/mol. The molecular formula is C20H23F3N4O2. The average molecular weight is 408 g/mol. The highest BCUT2D eigenvalue weighted by atomic mass is 19.4. The molecule has 0 radical (unpaired) electrons. The minimum absolute atomic E-state index is 0.0287. The number of nitrogens with zero attached hydrogens (tertiary/aromatic N) is 4. The Labute approximate surface area is 166 Å². The highest BCUT2D eigenvalue weighted by molar-refractivity contribution is 5.94. The number of aryl methyl sites for hydroxylation is 2. The number of carbonyl (C=O) groups excluding carboxylic acids is 1. The molecule has 2 aromatic heterocycles. The van der Waals surface area contributed by atoms with Crippen LogP contribution in [0.4, 0.5) is 13.2 Å². The number of piperidine rings is 1. The molecule has 0 N–H and O–H groups in total. The van der Waals surface area contributed by atoms with Gasteiger partial charge in [-0.05, 0) is 45.2 Å². The number of halogens is 3. The minimum atomic E-state index is -4.57. The van der Waals surface area contributed by atoms with Crippen LogP contribution in [0.5, 0.6) is 0 Å². The Bertz CT molecular complexity index is 907. The summed E-state index contributed by atoms with van der Waals surface area (Å²) in [4.78, 5) is 20.3. The number of pyridine rings is 1. The molecule has 0 aliphatic carbocycles. The van der Waals surface area contributed by atoms with Crippen molar-refractivity contribution in [2.75, 3.05) is 19.6 Å². The number of rotatable bonds is 3. The molecule has 0 bridgehead atoms. The summed E-state index contributed by atoms with van der Waals surface area (Å²) in [6.45, 7) is 6.48. The Kier molecular flexibility index (Phi) is 4.88. The van der Waals surface area contributed by atoms with Gasteiger partial charge in [0.05, 0.1) is 5.69 Å². The molecule has 29 heavy (non-hydrogen) atoms. The summed E-state index contributed by atoms with van der Waals surface area (Å²) < 4.78 is 44.1. The van der Waals surface area contributed by atoms with Gasteiger partial charge in [-0.15, -0.1) is 0 Å². The highest BCUT2D eigenvalue weighted by Crippen LogP contribution is 2.40. The van der Waals surface area contributed by atoms with Gasteiger partial charge in [0.15, 0.2) is 0 Å². The Morgan fingerprint density at radius 2 is 2.07 bits per heavy atom. The van der Waals surface area contributed by atoms with Crippen LogP contribution in [-0.4, -0.2) is 51.0 Å². The van der Waals surface area contributed by atoms with Crippen molar-refractivity contribution in [3.8, 4) is 0 Å². The Morgan fingerprint density at radius 1 is 1.28 bits per heavy atom. The van der Waals surface area contributed by atoms with Gasteiger partial charge in [0.25, 0.3) is 5.91 Å². The SMILES string of the molecule is Cc1noc(C)c1CN1CC[C@@]12CCCN(C(=O)c1ccnc(C(F)(F)F)c1)C2. The second-order valence-electron chi connectivity index (χ2n) is 7.96. The Morgan fingerprint density at radius 3 is 2.69 bits per heavy atom. The van der Waals surface area contributed by atoms with Crippen LogP contribution in [0.1, 0.15) is 52.3 Å². The molecule has 2 aliphatic rings. The van der Waals surface area contributed by atoms with Crippen LogP contribution in [0.3, 0.4) is 0 Å². The lowest BCUT2D eigenvalue weighted by atomic mass is 9.77. The number of hydrogen-bond donors (Lipinski definition) is 0. The third kappa shape index (κ3) is 3.63. The van der Waals surface area contributed by atoms with Crippen molar-refractivity contribution in [2.24, 2.45) is 0 Å². The fourth-order valence-corrected chi connectivity index (χ4v) is 4.40. The monoisotopic (exact) mass is 408 g/mol. The maximum atomic E-state index is 13.0. The average Bonchev–Trinajstić information content (AvgIpc) is 3.02. The molecule has 4 heterocycles. The molecule has 2 aliphatic heterocycles. The standard InChI is InChI=1S/C20H23F3N4O2/c1-13-16(14(2)29-25-13)11-27-9-6-19(27)5-3-8-26(12-19)18(28)15-4-7-24-17(10-15)20(21,22)23/h4,7,10H,3,5-6,8-9,11-12H2,1-2H3/t19-/m1/s1. The molecule has 9 heteroatoms. The second-order valence-corrected chi connectivity index (χ2v) is 7.96. The van der Waals surface area contributed by atoms with E-state index < -0.39 is 11.9 Å². The first kappa shape index (κ1) is 19.9. The predicted octanol–water partition coefficient (Wildman–Crippen LogP) is 3.59. The van der Waals surface area contributed by atoms with Crippen LogP contribution < -0.4 is 0 Å². The Balaban J connectivity index is 1.50. The summed E-state index contributed by atoms with van der Waals surface area (Å²) in [6, 6.07) is 2.19. The van der Waals surface area contributed by atoms with E-state index in [9.17, 15) is 18.0 Å². The van der Waals surface area contributed by atoms with Gasteiger partial charge in [-0.1, -0.05) is 5.16 Å². The van der Waals surface area contributed by atoms with Crippen LogP contribution in [0.2, 0.25) is 0 Å². The van der Waals surface area contributed by atoms with E-state index >= 15 is 0 Å². The fraction of sp³-hybridized carbons (Fsp3) is 0.550. The van der Waals surface area contributed by atoms with Crippen LogP contribution in [0.15, 0.2) is 22.9 Å². The molecule has 0 unspecified atom stereocenters. The van der Waals surface area contributed by atoms with Crippen LogP contribution in [0, 0.1) is 13.8 Å². The molecule has 0 aromatic carbocycles. The second kappa shape index (κ2) is 7.12. The van der Waals surface area contributed by atoms with Gasteiger partial charge in [0.2, 0.25) is 0 Å². The van der Waals surface area contributed by atoms with Crippen molar-refractivity contribution in [1.82, 2.24) is 19.9 Å². The lowest BCUT2D eigenvalue weighted by Gasteiger charge is -2.57. The summed E-state index contributed by atoms with van der Waals surface area (Å²) >= 11 is 0. The molecule has 2 aromatic rings. The largest absolute Gasteiger partial charge is 0.433 e. The fourth-order valence-electron chi connectivity index (χ4n) is 4.40. The van der Waals surface area contributed by atoms with E-state index in [4.69, 9.17) is 4.52 Å². The van der Waals surface area contributed by atoms with Gasteiger partial charge in [0.1, 0.15) is 11.5 Å². The van der Waals surface area contributed by atoms with E-state index in [1.54, 1.807) is 4.90 Å². The lowest BCUT2D eigenvalue weighted by molar-refractivity contribution is -0.141. The normalized spacial score (nSPS) is 22.7. The van der Waals surface area contributed by atoms with Crippen molar-refractivity contribution in [3.05, 3.63) is 46.6 Å². The van der Waals surface area contributed by atoms with Crippen molar-refractivity contribution in [1.29, 1.82) is 0 Å². The van der Waals surface area contributed by atoms with E-state index in [-0.39, 0.29) is 17.0 Å². The molecule has 1 amide bonds. The molecule has 156 valence electrons. The predicted molar refractivity (Wildman–Crippen MR) is 98.1 cm³/mol. The highest BCUT2D eigenvalue weighted by Gasteiger charge is 2.48. The number of aromatic nitrogens is 2. The van der Waals surface area contributed by atoms with Crippen LogP contribution in [0.25, 0.3) is 0 Å². The topological polar surface area (TPSA) is 62.5 Å². The van der Waals surface area contributed by atoms with E-state index in [1.165, 1.54) is 6.07 Å². The number of carbonyl (C=O) groups is 1. The first-order chi connectivity index (χ1) is 13.7.